The average Bonchev–Trinajstić information content (AvgIpc) is 1.87. The molecule has 0 unspecified atom stereocenters. The molecule has 0 aromatic rings. The van der Waals surface area contributed by atoms with E-state index in [9.17, 15) is 5.11 Å². The van der Waals surface area contributed by atoms with Gasteiger partial charge in [-0.05, 0) is 13.8 Å². The average molecular weight is 166 g/mol. The molecule has 0 aliphatic heterocycles. The summed E-state index contributed by atoms with van der Waals surface area (Å²) in [6, 6.07) is 3.75. The van der Waals surface area contributed by atoms with E-state index in [1.54, 1.807) is 27.7 Å². The predicted molar refractivity (Wildman–Crippen MR) is 44.8 cm³/mol. The predicted octanol–water partition coefficient (Wildman–Crippen LogP) is 1.45. The van der Waals surface area contributed by atoms with Gasteiger partial charge in [-0.3, -0.25) is 0 Å². The first-order chi connectivity index (χ1) is 5.27. The van der Waals surface area contributed by atoms with E-state index in [1.807, 2.05) is 12.1 Å². The molecule has 0 rings (SSSR count). The molecule has 0 saturated carbocycles. The van der Waals surface area contributed by atoms with Crippen molar-refractivity contribution in [2.45, 2.75) is 33.3 Å². The van der Waals surface area contributed by atoms with Crippen molar-refractivity contribution in [3.63, 3.8) is 0 Å². The smallest absolute Gasteiger partial charge is 0.141 e. The lowest BCUT2D eigenvalue weighted by Gasteiger charge is -2.37. The fourth-order valence-corrected chi connectivity index (χ4v) is 0.705. The SMILES string of the molecule is CC(C)(O)C(C)(C)C(C#N)C#N. The molecule has 1 N–H and O–H groups in total. The fourth-order valence-electron chi connectivity index (χ4n) is 0.705. The Morgan fingerprint density at radius 2 is 1.42 bits per heavy atom. The second-order valence-corrected chi connectivity index (χ2v) is 3.97. The van der Waals surface area contributed by atoms with E-state index in [0.29, 0.717) is 0 Å². The van der Waals surface area contributed by atoms with Gasteiger partial charge in [0.25, 0.3) is 0 Å². The minimum absolute atomic E-state index is 0.712. The van der Waals surface area contributed by atoms with E-state index < -0.39 is 16.9 Å². The number of nitrogens with zero attached hydrogens (tertiary/aromatic N) is 2. The van der Waals surface area contributed by atoms with Crippen LogP contribution < -0.4 is 0 Å². The van der Waals surface area contributed by atoms with Crippen molar-refractivity contribution < 1.29 is 5.11 Å². The van der Waals surface area contributed by atoms with Gasteiger partial charge in [0.05, 0.1) is 17.7 Å². The molecule has 66 valence electrons. The summed E-state index contributed by atoms with van der Waals surface area (Å²) in [6.07, 6.45) is 0. The molecule has 0 saturated heterocycles. The van der Waals surface area contributed by atoms with Crippen LogP contribution in [-0.4, -0.2) is 10.7 Å². The van der Waals surface area contributed by atoms with E-state index in [4.69, 9.17) is 10.5 Å². The first-order valence-electron chi connectivity index (χ1n) is 3.79. The lowest BCUT2D eigenvalue weighted by molar-refractivity contribution is -0.0460. The number of rotatable bonds is 2. The summed E-state index contributed by atoms with van der Waals surface area (Å²) >= 11 is 0. The summed E-state index contributed by atoms with van der Waals surface area (Å²) in [4.78, 5) is 0. The van der Waals surface area contributed by atoms with Crippen LogP contribution >= 0.6 is 0 Å². The molecule has 0 aliphatic rings. The molecular formula is C9H14N2O. The summed E-state index contributed by atoms with van der Waals surface area (Å²) in [7, 11) is 0. The van der Waals surface area contributed by atoms with Crippen molar-refractivity contribution in [3.8, 4) is 12.1 Å². The summed E-state index contributed by atoms with van der Waals surface area (Å²) in [5.74, 6) is -0.780. The van der Waals surface area contributed by atoms with Crippen LogP contribution in [-0.2, 0) is 0 Å². The van der Waals surface area contributed by atoms with Gasteiger partial charge >= 0.3 is 0 Å². The first kappa shape index (κ1) is 10.9. The monoisotopic (exact) mass is 166 g/mol. The lowest BCUT2D eigenvalue weighted by atomic mass is 9.69. The maximum Gasteiger partial charge on any atom is 0.141 e. The van der Waals surface area contributed by atoms with Gasteiger partial charge in [-0.25, -0.2) is 0 Å². The normalized spacial score (nSPS) is 12.3. The van der Waals surface area contributed by atoms with Gasteiger partial charge in [0.1, 0.15) is 5.92 Å². The zero-order chi connectivity index (χ0) is 9.99. The van der Waals surface area contributed by atoms with Gasteiger partial charge in [0.2, 0.25) is 0 Å². The van der Waals surface area contributed by atoms with Crippen molar-refractivity contribution in [3.05, 3.63) is 0 Å². The van der Waals surface area contributed by atoms with Crippen LogP contribution in [0.5, 0.6) is 0 Å². The summed E-state index contributed by atoms with van der Waals surface area (Å²) in [5, 5.41) is 27.0. The molecule has 0 bridgehead atoms. The summed E-state index contributed by atoms with van der Waals surface area (Å²) in [5.41, 5.74) is -1.74. The van der Waals surface area contributed by atoms with Gasteiger partial charge in [0, 0.05) is 5.41 Å². The Kier molecular flexibility index (Phi) is 2.85. The highest BCUT2D eigenvalue weighted by Crippen LogP contribution is 2.37. The quantitative estimate of drug-likeness (QED) is 0.675. The Bertz CT molecular complexity index is 223. The highest BCUT2D eigenvalue weighted by molar-refractivity contribution is 5.10. The first-order valence-corrected chi connectivity index (χ1v) is 3.79. The van der Waals surface area contributed by atoms with E-state index in [2.05, 4.69) is 0 Å². The fraction of sp³-hybridized carbons (Fsp3) is 0.778. The molecular weight excluding hydrogens is 152 g/mol. The third-order valence-corrected chi connectivity index (χ3v) is 2.56. The van der Waals surface area contributed by atoms with Crippen LogP contribution in [0.1, 0.15) is 27.7 Å². The van der Waals surface area contributed by atoms with E-state index in [0.717, 1.165) is 0 Å². The van der Waals surface area contributed by atoms with Crippen molar-refractivity contribution >= 4 is 0 Å². The van der Waals surface area contributed by atoms with Crippen LogP contribution in [0.2, 0.25) is 0 Å². The topological polar surface area (TPSA) is 67.8 Å². The second-order valence-electron chi connectivity index (χ2n) is 3.97. The second kappa shape index (κ2) is 3.13. The molecule has 3 nitrogen and oxygen atoms in total. The van der Waals surface area contributed by atoms with Crippen LogP contribution in [0, 0.1) is 34.0 Å². The van der Waals surface area contributed by atoms with Crippen molar-refractivity contribution in [2.24, 2.45) is 11.3 Å². The molecule has 0 heterocycles. The lowest BCUT2D eigenvalue weighted by Crippen LogP contribution is -2.43. The number of aliphatic hydroxyl groups is 1. The Hall–Kier alpha value is -1.06. The maximum atomic E-state index is 9.68. The highest BCUT2D eigenvalue weighted by atomic mass is 16.3. The van der Waals surface area contributed by atoms with Crippen LogP contribution in [0.3, 0.4) is 0 Å². The zero-order valence-corrected chi connectivity index (χ0v) is 7.92. The zero-order valence-electron chi connectivity index (χ0n) is 7.92. The van der Waals surface area contributed by atoms with Gasteiger partial charge in [-0.15, -0.1) is 0 Å². The Morgan fingerprint density at radius 3 is 1.50 bits per heavy atom. The molecule has 0 aromatic heterocycles. The van der Waals surface area contributed by atoms with Crippen molar-refractivity contribution in [1.82, 2.24) is 0 Å². The number of hydrogen-bond acceptors (Lipinski definition) is 3. The van der Waals surface area contributed by atoms with Gasteiger partial charge in [0.15, 0.2) is 0 Å². The molecule has 0 aliphatic carbocycles. The Morgan fingerprint density at radius 1 is 1.08 bits per heavy atom. The van der Waals surface area contributed by atoms with E-state index in [-0.39, 0.29) is 0 Å². The largest absolute Gasteiger partial charge is 0.390 e. The van der Waals surface area contributed by atoms with Gasteiger partial charge in [-0.2, -0.15) is 10.5 Å². The van der Waals surface area contributed by atoms with Crippen molar-refractivity contribution in [1.29, 1.82) is 10.5 Å². The molecule has 0 aromatic carbocycles. The third kappa shape index (κ3) is 1.75. The Balaban J connectivity index is 4.89. The minimum atomic E-state index is -1.02. The summed E-state index contributed by atoms with van der Waals surface area (Å²) < 4.78 is 0. The van der Waals surface area contributed by atoms with Crippen LogP contribution in [0.4, 0.5) is 0 Å². The van der Waals surface area contributed by atoms with Gasteiger partial charge in [-0.1, -0.05) is 13.8 Å². The van der Waals surface area contributed by atoms with E-state index in [1.165, 1.54) is 0 Å². The number of hydrogen-bond donors (Lipinski definition) is 1. The minimum Gasteiger partial charge on any atom is -0.390 e. The van der Waals surface area contributed by atoms with Crippen LogP contribution in [0.25, 0.3) is 0 Å². The highest BCUT2D eigenvalue weighted by Gasteiger charge is 2.42. The maximum absolute atomic E-state index is 9.68. The molecule has 0 atom stereocenters. The van der Waals surface area contributed by atoms with Crippen molar-refractivity contribution in [2.75, 3.05) is 0 Å². The standard InChI is InChI=1S/C9H14N2O/c1-8(2,9(3,4)12)7(5-10)6-11/h7,12H,1-4H3. The third-order valence-electron chi connectivity index (χ3n) is 2.56. The summed E-state index contributed by atoms with van der Waals surface area (Å²) in [6.45, 7) is 6.64. The van der Waals surface area contributed by atoms with E-state index >= 15 is 0 Å². The Labute approximate surface area is 73.2 Å². The molecule has 0 fully saturated rings. The molecule has 0 radical (unpaired) electrons. The van der Waals surface area contributed by atoms with Gasteiger partial charge < -0.3 is 5.11 Å². The molecule has 3 heteroatoms. The number of nitriles is 2. The van der Waals surface area contributed by atoms with Crippen LogP contribution in [0.15, 0.2) is 0 Å². The molecule has 12 heavy (non-hydrogen) atoms. The molecule has 0 amide bonds. The molecule has 0 spiro atoms.